The molecule has 0 N–H and O–H groups in total. The normalized spacial score (nSPS) is 22.4. The van der Waals surface area contributed by atoms with Gasteiger partial charge in [0, 0.05) is 25.4 Å². The fraction of sp³-hybridized carbons (Fsp3) is 0.818. The Labute approximate surface area is 102 Å². The van der Waals surface area contributed by atoms with Gasteiger partial charge in [0.15, 0.2) is 9.84 Å². The summed E-state index contributed by atoms with van der Waals surface area (Å²) >= 11 is 0. The highest BCUT2D eigenvalue weighted by atomic mass is 32.2. The first-order valence-electron chi connectivity index (χ1n) is 5.85. The lowest BCUT2D eigenvalue weighted by molar-refractivity contribution is -0.134. The lowest BCUT2D eigenvalue weighted by atomic mass is 10.1. The topological polar surface area (TPSA) is 71.5 Å². The van der Waals surface area contributed by atoms with Crippen molar-refractivity contribution >= 4 is 21.5 Å². The SMILES string of the molecule is CCN(C(=O)CCC(C)=O)C1CCS(=O)(=O)C1. The molecule has 0 aromatic carbocycles. The van der Waals surface area contributed by atoms with Crippen molar-refractivity contribution in [1.82, 2.24) is 4.90 Å². The third-order valence-corrected chi connectivity index (χ3v) is 4.75. The second-order valence-electron chi connectivity index (χ2n) is 4.44. The number of rotatable bonds is 5. The van der Waals surface area contributed by atoms with Gasteiger partial charge in [-0.1, -0.05) is 0 Å². The van der Waals surface area contributed by atoms with Crippen LogP contribution in [-0.2, 0) is 19.4 Å². The number of ketones is 1. The van der Waals surface area contributed by atoms with E-state index in [2.05, 4.69) is 0 Å². The third kappa shape index (κ3) is 4.11. The molecular formula is C11H19NO4S. The van der Waals surface area contributed by atoms with Crippen LogP contribution >= 0.6 is 0 Å². The monoisotopic (exact) mass is 261 g/mol. The Morgan fingerprint density at radius 1 is 1.29 bits per heavy atom. The number of Topliss-reactive ketones (excluding diaryl/α,β-unsaturated/α-hetero) is 1. The molecule has 0 aliphatic carbocycles. The van der Waals surface area contributed by atoms with Crippen LogP contribution in [0, 0.1) is 0 Å². The van der Waals surface area contributed by atoms with Gasteiger partial charge in [-0.2, -0.15) is 0 Å². The maximum atomic E-state index is 11.9. The van der Waals surface area contributed by atoms with Crippen molar-refractivity contribution in [2.45, 2.75) is 39.2 Å². The molecule has 1 aliphatic heterocycles. The zero-order chi connectivity index (χ0) is 13.1. The second-order valence-corrected chi connectivity index (χ2v) is 6.67. The van der Waals surface area contributed by atoms with E-state index in [0.29, 0.717) is 13.0 Å². The highest BCUT2D eigenvalue weighted by Crippen LogP contribution is 2.18. The molecule has 1 atom stereocenters. The standard InChI is InChI=1S/C11H19NO4S/c1-3-12(11(14)5-4-9(2)13)10-6-7-17(15,16)8-10/h10H,3-8H2,1-2H3. The number of carbonyl (C=O) groups excluding carboxylic acids is 2. The molecule has 0 saturated carbocycles. The van der Waals surface area contributed by atoms with E-state index in [4.69, 9.17) is 0 Å². The summed E-state index contributed by atoms with van der Waals surface area (Å²) in [4.78, 5) is 24.3. The van der Waals surface area contributed by atoms with Crippen molar-refractivity contribution in [3.63, 3.8) is 0 Å². The van der Waals surface area contributed by atoms with Crippen LogP contribution < -0.4 is 0 Å². The maximum absolute atomic E-state index is 11.9. The molecule has 0 bridgehead atoms. The van der Waals surface area contributed by atoms with E-state index in [9.17, 15) is 18.0 Å². The number of hydrogen-bond acceptors (Lipinski definition) is 4. The Morgan fingerprint density at radius 2 is 1.94 bits per heavy atom. The van der Waals surface area contributed by atoms with Crippen molar-refractivity contribution in [2.75, 3.05) is 18.1 Å². The van der Waals surface area contributed by atoms with Crippen molar-refractivity contribution in [3.05, 3.63) is 0 Å². The predicted octanol–water partition coefficient (Wildman–Crippen LogP) is 0.391. The van der Waals surface area contributed by atoms with Gasteiger partial charge in [0.2, 0.25) is 5.91 Å². The molecule has 5 nitrogen and oxygen atoms in total. The summed E-state index contributed by atoms with van der Waals surface area (Å²) in [6.07, 6.45) is 0.927. The van der Waals surface area contributed by atoms with Gasteiger partial charge in [-0.15, -0.1) is 0 Å². The van der Waals surface area contributed by atoms with Crippen LogP contribution in [0.5, 0.6) is 0 Å². The van der Waals surface area contributed by atoms with E-state index in [1.54, 1.807) is 4.90 Å². The summed E-state index contributed by atoms with van der Waals surface area (Å²) in [6, 6.07) is -0.204. The third-order valence-electron chi connectivity index (χ3n) is 3.00. The van der Waals surface area contributed by atoms with Crippen molar-refractivity contribution in [1.29, 1.82) is 0 Å². The molecule has 1 saturated heterocycles. The van der Waals surface area contributed by atoms with Gasteiger partial charge >= 0.3 is 0 Å². The Bertz CT molecular complexity index is 402. The van der Waals surface area contributed by atoms with Crippen LogP contribution in [0.3, 0.4) is 0 Å². The highest BCUT2D eigenvalue weighted by Gasteiger charge is 2.33. The van der Waals surface area contributed by atoms with E-state index in [-0.39, 0.29) is 42.1 Å². The Hall–Kier alpha value is -0.910. The lowest BCUT2D eigenvalue weighted by Gasteiger charge is -2.26. The van der Waals surface area contributed by atoms with E-state index in [1.165, 1.54) is 6.92 Å². The number of amides is 1. The molecule has 1 rings (SSSR count). The zero-order valence-corrected chi connectivity index (χ0v) is 11.1. The van der Waals surface area contributed by atoms with Gasteiger partial charge in [-0.3, -0.25) is 4.79 Å². The molecular weight excluding hydrogens is 242 g/mol. The first-order valence-corrected chi connectivity index (χ1v) is 7.67. The molecule has 1 amide bonds. The van der Waals surface area contributed by atoms with Crippen LogP contribution in [0.25, 0.3) is 0 Å². The lowest BCUT2D eigenvalue weighted by Crippen LogP contribution is -2.41. The molecule has 1 aliphatic rings. The van der Waals surface area contributed by atoms with Gasteiger partial charge in [0.05, 0.1) is 11.5 Å². The van der Waals surface area contributed by atoms with E-state index >= 15 is 0 Å². The Balaban J connectivity index is 2.59. The average molecular weight is 261 g/mol. The summed E-state index contributed by atoms with van der Waals surface area (Å²) in [5, 5.41) is 0. The summed E-state index contributed by atoms with van der Waals surface area (Å²) in [6.45, 7) is 3.77. The summed E-state index contributed by atoms with van der Waals surface area (Å²) < 4.78 is 22.7. The minimum atomic E-state index is -2.98. The molecule has 0 aromatic rings. The van der Waals surface area contributed by atoms with Gasteiger partial charge < -0.3 is 9.69 Å². The quantitative estimate of drug-likeness (QED) is 0.718. The zero-order valence-electron chi connectivity index (χ0n) is 10.3. The summed E-state index contributed by atoms with van der Waals surface area (Å²) in [5.41, 5.74) is 0. The van der Waals surface area contributed by atoms with E-state index in [1.807, 2.05) is 6.92 Å². The number of nitrogens with zero attached hydrogens (tertiary/aromatic N) is 1. The molecule has 1 heterocycles. The molecule has 98 valence electrons. The van der Waals surface area contributed by atoms with Crippen LogP contribution in [0.2, 0.25) is 0 Å². The minimum absolute atomic E-state index is 0.0200. The van der Waals surface area contributed by atoms with E-state index < -0.39 is 9.84 Å². The van der Waals surface area contributed by atoms with Crippen LogP contribution in [0.4, 0.5) is 0 Å². The van der Waals surface area contributed by atoms with Crippen LogP contribution in [0.1, 0.15) is 33.1 Å². The Morgan fingerprint density at radius 3 is 2.35 bits per heavy atom. The molecule has 1 unspecified atom stereocenters. The number of sulfone groups is 1. The van der Waals surface area contributed by atoms with Crippen LogP contribution in [0.15, 0.2) is 0 Å². The highest BCUT2D eigenvalue weighted by molar-refractivity contribution is 7.91. The maximum Gasteiger partial charge on any atom is 0.223 e. The molecule has 17 heavy (non-hydrogen) atoms. The largest absolute Gasteiger partial charge is 0.339 e. The second kappa shape index (κ2) is 5.62. The summed E-state index contributed by atoms with van der Waals surface area (Å²) in [5.74, 6) is 0.0825. The first-order chi connectivity index (χ1) is 7.85. The van der Waals surface area contributed by atoms with Gasteiger partial charge in [-0.25, -0.2) is 8.42 Å². The minimum Gasteiger partial charge on any atom is -0.339 e. The predicted molar refractivity (Wildman–Crippen MR) is 64.4 cm³/mol. The number of carbonyl (C=O) groups is 2. The molecule has 6 heteroatoms. The van der Waals surface area contributed by atoms with Crippen molar-refractivity contribution < 1.29 is 18.0 Å². The van der Waals surface area contributed by atoms with Crippen molar-refractivity contribution in [2.24, 2.45) is 0 Å². The average Bonchev–Trinajstić information content (AvgIpc) is 2.57. The van der Waals surface area contributed by atoms with Gasteiger partial charge in [0.1, 0.15) is 5.78 Å². The fourth-order valence-corrected chi connectivity index (χ4v) is 3.82. The van der Waals surface area contributed by atoms with E-state index in [0.717, 1.165) is 0 Å². The Kier molecular flexibility index (Phi) is 4.68. The molecule has 0 spiro atoms. The van der Waals surface area contributed by atoms with Crippen molar-refractivity contribution in [3.8, 4) is 0 Å². The molecule has 0 aromatic heterocycles. The van der Waals surface area contributed by atoms with Gasteiger partial charge in [0.25, 0.3) is 0 Å². The molecule has 1 fully saturated rings. The first kappa shape index (κ1) is 14.2. The molecule has 0 radical (unpaired) electrons. The fourth-order valence-electron chi connectivity index (χ4n) is 2.09. The number of hydrogen-bond donors (Lipinski definition) is 0. The summed E-state index contributed by atoms with van der Waals surface area (Å²) in [7, 11) is -2.98. The van der Waals surface area contributed by atoms with Crippen LogP contribution in [-0.4, -0.2) is 49.1 Å². The smallest absolute Gasteiger partial charge is 0.223 e. The van der Waals surface area contributed by atoms with Gasteiger partial charge in [-0.05, 0) is 20.3 Å².